The van der Waals surface area contributed by atoms with Gasteiger partial charge in [-0.3, -0.25) is 9.59 Å². The third-order valence-corrected chi connectivity index (χ3v) is 5.00. The largest absolute Gasteiger partial charge is 0.508 e. The zero-order chi connectivity index (χ0) is 26.1. The summed E-state index contributed by atoms with van der Waals surface area (Å²) in [6, 6.07) is 20.8. The second-order valence-electron chi connectivity index (χ2n) is 7.59. The molecule has 0 saturated carbocycles. The minimum absolute atomic E-state index is 0.123. The highest BCUT2D eigenvalue weighted by atomic mass is 16.4. The zero-order valence-corrected chi connectivity index (χ0v) is 18.8. The average molecular weight is 486 g/mol. The second kappa shape index (κ2) is 11.8. The molecule has 0 atom stereocenters. The lowest BCUT2D eigenvalue weighted by Crippen LogP contribution is -2.10. The van der Waals surface area contributed by atoms with E-state index in [0.717, 1.165) is 41.0 Å². The molecule has 0 fully saturated rings. The van der Waals surface area contributed by atoms with Crippen LogP contribution in [0.2, 0.25) is 0 Å². The minimum Gasteiger partial charge on any atom is -0.508 e. The maximum Gasteiger partial charge on any atom is 0.328 e. The number of phenols is 1. The first kappa shape index (κ1) is 25.4. The van der Waals surface area contributed by atoms with E-state index in [0.29, 0.717) is 11.4 Å². The average Bonchev–Trinajstić information content (AvgIpc) is 2.85. The number of carboxylic acid groups (broad SMARTS) is 2. The summed E-state index contributed by atoms with van der Waals surface area (Å²) in [4.78, 5) is 44.8. The van der Waals surface area contributed by atoms with Crippen LogP contribution in [0, 0.1) is 0 Å². The van der Waals surface area contributed by atoms with Crippen molar-refractivity contribution in [2.45, 2.75) is 5.92 Å². The van der Waals surface area contributed by atoms with Crippen molar-refractivity contribution in [1.29, 1.82) is 0 Å². The van der Waals surface area contributed by atoms with E-state index >= 15 is 0 Å². The SMILES string of the molecule is O=C(O)/C=C/C(=O)Nc1ccc(C(c2ccc(O)cc2)c2ccc(NC(=O)/C=C/C(=O)O)cc2)cc1. The number of carboxylic acids is 2. The first-order valence-corrected chi connectivity index (χ1v) is 10.6. The monoisotopic (exact) mass is 486 g/mol. The Balaban J connectivity index is 1.86. The molecule has 0 spiro atoms. The van der Waals surface area contributed by atoms with Crippen molar-refractivity contribution in [3.63, 3.8) is 0 Å². The van der Waals surface area contributed by atoms with Crippen LogP contribution < -0.4 is 10.6 Å². The molecule has 0 heterocycles. The summed E-state index contributed by atoms with van der Waals surface area (Å²) >= 11 is 0. The molecule has 3 aromatic carbocycles. The van der Waals surface area contributed by atoms with Crippen LogP contribution >= 0.6 is 0 Å². The molecular formula is C27H22N2O7. The number of carbonyl (C=O) groups is 4. The molecule has 3 aromatic rings. The molecule has 0 unspecified atom stereocenters. The fourth-order valence-electron chi connectivity index (χ4n) is 3.42. The first-order valence-electron chi connectivity index (χ1n) is 10.6. The van der Waals surface area contributed by atoms with Crippen LogP contribution in [0.3, 0.4) is 0 Å². The lowest BCUT2D eigenvalue weighted by Gasteiger charge is -2.20. The number of aromatic hydroxyl groups is 1. The Labute approximate surface area is 206 Å². The van der Waals surface area contributed by atoms with Crippen molar-refractivity contribution in [3.8, 4) is 5.75 Å². The Bertz CT molecular complexity index is 1230. The summed E-state index contributed by atoms with van der Waals surface area (Å²) in [6.45, 7) is 0. The van der Waals surface area contributed by atoms with Crippen molar-refractivity contribution < 1.29 is 34.5 Å². The van der Waals surface area contributed by atoms with Gasteiger partial charge in [0.1, 0.15) is 5.75 Å². The Morgan fingerprint density at radius 2 is 0.889 bits per heavy atom. The standard InChI is InChI=1S/C27H22N2O7/c30-22-11-5-19(6-12-22)27(17-1-7-20(8-2-17)28-23(31)13-15-25(33)34)18-3-9-21(10-4-18)29-24(32)14-16-26(35)36/h1-16,27,30H,(H,28,31)(H,29,32)(H,33,34)(H,35,36)/b15-13+,16-14+. The molecule has 0 bridgehead atoms. The molecule has 5 N–H and O–H groups in total. The fourth-order valence-corrected chi connectivity index (χ4v) is 3.42. The lowest BCUT2D eigenvalue weighted by atomic mass is 9.85. The van der Waals surface area contributed by atoms with Gasteiger partial charge in [0.25, 0.3) is 0 Å². The van der Waals surface area contributed by atoms with Crippen LogP contribution in [0.15, 0.2) is 97.1 Å². The van der Waals surface area contributed by atoms with E-state index in [1.165, 1.54) is 0 Å². The smallest absolute Gasteiger partial charge is 0.328 e. The van der Waals surface area contributed by atoms with Gasteiger partial charge in [0.2, 0.25) is 11.8 Å². The van der Waals surface area contributed by atoms with Gasteiger partial charge in [-0.15, -0.1) is 0 Å². The van der Waals surface area contributed by atoms with Crippen LogP contribution in [-0.4, -0.2) is 39.1 Å². The Hall–Kier alpha value is -5.18. The number of carbonyl (C=O) groups excluding carboxylic acids is 2. The summed E-state index contributed by atoms with van der Waals surface area (Å²) in [5.41, 5.74) is 3.60. The van der Waals surface area contributed by atoms with E-state index in [1.54, 1.807) is 48.5 Å². The summed E-state index contributed by atoms with van der Waals surface area (Å²) in [7, 11) is 0. The summed E-state index contributed by atoms with van der Waals surface area (Å²) < 4.78 is 0. The van der Waals surface area contributed by atoms with E-state index in [4.69, 9.17) is 10.2 Å². The van der Waals surface area contributed by atoms with Crippen molar-refractivity contribution in [1.82, 2.24) is 0 Å². The van der Waals surface area contributed by atoms with Crippen LogP contribution in [-0.2, 0) is 19.2 Å². The van der Waals surface area contributed by atoms with Crippen LogP contribution in [0.25, 0.3) is 0 Å². The van der Waals surface area contributed by atoms with Gasteiger partial charge in [-0.1, -0.05) is 36.4 Å². The second-order valence-corrected chi connectivity index (χ2v) is 7.59. The number of amides is 2. The summed E-state index contributed by atoms with van der Waals surface area (Å²) in [6.07, 6.45) is 3.35. The highest BCUT2D eigenvalue weighted by Crippen LogP contribution is 2.34. The fraction of sp³-hybridized carbons (Fsp3) is 0.0370. The van der Waals surface area contributed by atoms with Gasteiger partial charge in [-0.25, -0.2) is 9.59 Å². The van der Waals surface area contributed by atoms with E-state index in [2.05, 4.69) is 10.6 Å². The molecule has 36 heavy (non-hydrogen) atoms. The molecule has 3 rings (SSSR count). The Morgan fingerprint density at radius 1 is 0.556 bits per heavy atom. The van der Waals surface area contributed by atoms with Gasteiger partial charge in [-0.2, -0.15) is 0 Å². The molecule has 182 valence electrons. The number of hydrogen-bond donors (Lipinski definition) is 5. The van der Waals surface area contributed by atoms with E-state index in [-0.39, 0.29) is 11.7 Å². The quantitative estimate of drug-likeness (QED) is 0.228. The first-order chi connectivity index (χ1) is 17.2. The van der Waals surface area contributed by atoms with Crippen molar-refractivity contribution >= 4 is 35.1 Å². The number of phenolic OH excluding ortho intramolecular Hbond substituents is 1. The maximum atomic E-state index is 11.8. The molecule has 0 radical (unpaired) electrons. The van der Waals surface area contributed by atoms with Crippen LogP contribution in [0.4, 0.5) is 11.4 Å². The Kier molecular flexibility index (Phi) is 8.34. The highest BCUT2D eigenvalue weighted by Gasteiger charge is 2.17. The molecule has 0 aromatic heterocycles. The van der Waals surface area contributed by atoms with Gasteiger partial charge >= 0.3 is 11.9 Å². The van der Waals surface area contributed by atoms with E-state index in [9.17, 15) is 24.3 Å². The Morgan fingerprint density at radius 3 is 1.22 bits per heavy atom. The number of aliphatic carboxylic acids is 2. The molecule has 2 amide bonds. The minimum atomic E-state index is -1.22. The molecule has 9 nitrogen and oxygen atoms in total. The van der Waals surface area contributed by atoms with Crippen molar-refractivity contribution in [2.75, 3.05) is 10.6 Å². The molecule has 0 aliphatic rings. The maximum absolute atomic E-state index is 11.8. The molecule has 0 aliphatic carbocycles. The van der Waals surface area contributed by atoms with Gasteiger partial charge in [-0.05, 0) is 53.1 Å². The predicted molar refractivity (Wildman–Crippen MR) is 133 cm³/mol. The van der Waals surface area contributed by atoms with E-state index in [1.807, 2.05) is 24.3 Å². The number of anilines is 2. The van der Waals surface area contributed by atoms with Crippen LogP contribution in [0.5, 0.6) is 5.75 Å². The number of benzene rings is 3. The molecule has 0 aliphatic heterocycles. The summed E-state index contributed by atoms with van der Waals surface area (Å²) in [5, 5.41) is 32.2. The third kappa shape index (κ3) is 7.42. The predicted octanol–water partition coefficient (Wildman–Crippen LogP) is 3.73. The topological polar surface area (TPSA) is 153 Å². The number of nitrogens with one attached hydrogen (secondary N) is 2. The summed E-state index contributed by atoms with van der Waals surface area (Å²) in [5.74, 6) is -3.72. The van der Waals surface area contributed by atoms with Gasteiger partial charge in [0.15, 0.2) is 0 Å². The zero-order valence-electron chi connectivity index (χ0n) is 18.8. The molecule has 0 saturated heterocycles. The van der Waals surface area contributed by atoms with Crippen molar-refractivity contribution in [3.05, 3.63) is 114 Å². The van der Waals surface area contributed by atoms with Gasteiger partial charge in [0.05, 0.1) is 0 Å². The van der Waals surface area contributed by atoms with Crippen LogP contribution in [0.1, 0.15) is 22.6 Å². The van der Waals surface area contributed by atoms with Crippen molar-refractivity contribution in [2.24, 2.45) is 0 Å². The third-order valence-electron chi connectivity index (χ3n) is 5.00. The van der Waals surface area contributed by atoms with Gasteiger partial charge in [0, 0.05) is 41.6 Å². The molecule has 9 heteroatoms. The molecular weight excluding hydrogens is 464 g/mol. The lowest BCUT2D eigenvalue weighted by molar-refractivity contribution is -0.132. The van der Waals surface area contributed by atoms with E-state index < -0.39 is 23.8 Å². The number of rotatable bonds is 9. The normalized spacial score (nSPS) is 11.0. The van der Waals surface area contributed by atoms with Gasteiger partial charge < -0.3 is 26.0 Å². The number of hydrogen-bond acceptors (Lipinski definition) is 5. The highest BCUT2D eigenvalue weighted by molar-refractivity contribution is 6.03.